The number of esters is 1. The Balaban J connectivity index is 1.83. The minimum atomic E-state index is -0.128. The van der Waals surface area contributed by atoms with Gasteiger partial charge in [0.1, 0.15) is 6.10 Å². The van der Waals surface area contributed by atoms with Gasteiger partial charge < -0.3 is 4.74 Å². The maximum Gasteiger partial charge on any atom is 0.314 e. The van der Waals surface area contributed by atoms with Gasteiger partial charge in [0, 0.05) is 6.42 Å². The smallest absolute Gasteiger partial charge is 0.314 e. The summed E-state index contributed by atoms with van der Waals surface area (Å²) in [6.45, 7) is 0. The predicted molar refractivity (Wildman–Crippen MR) is 69.1 cm³/mol. The molecule has 0 unspecified atom stereocenters. The van der Waals surface area contributed by atoms with Gasteiger partial charge in [-0.15, -0.1) is 0 Å². The Morgan fingerprint density at radius 2 is 1.39 bits per heavy atom. The van der Waals surface area contributed by atoms with Crippen molar-refractivity contribution in [2.24, 2.45) is 0 Å². The lowest BCUT2D eigenvalue weighted by molar-refractivity contribution is -0.142. The van der Waals surface area contributed by atoms with Crippen molar-refractivity contribution in [3.63, 3.8) is 0 Å². The van der Waals surface area contributed by atoms with Gasteiger partial charge in [-0.05, 0) is 11.1 Å². The van der Waals surface area contributed by atoms with E-state index in [1.54, 1.807) is 0 Å². The molecular formula is C16H14O2. The van der Waals surface area contributed by atoms with Crippen molar-refractivity contribution in [2.75, 3.05) is 0 Å². The van der Waals surface area contributed by atoms with Gasteiger partial charge in [0.2, 0.25) is 0 Å². The summed E-state index contributed by atoms with van der Waals surface area (Å²) in [4.78, 5) is 11.9. The van der Waals surface area contributed by atoms with E-state index in [2.05, 4.69) is 0 Å². The van der Waals surface area contributed by atoms with Crippen molar-refractivity contribution in [3.8, 4) is 0 Å². The minimum absolute atomic E-state index is 0.107. The Morgan fingerprint density at radius 3 is 2.00 bits per heavy atom. The van der Waals surface area contributed by atoms with Crippen LogP contribution in [0.4, 0.5) is 0 Å². The number of hydrogen-bond acceptors (Lipinski definition) is 2. The Bertz CT molecular complexity index is 534. The van der Waals surface area contributed by atoms with Crippen LogP contribution in [0.1, 0.15) is 29.6 Å². The molecule has 1 fully saturated rings. The van der Waals surface area contributed by atoms with Crippen LogP contribution in [0.15, 0.2) is 60.7 Å². The fraction of sp³-hybridized carbons (Fsp3) is 0.188. The molecule has 90 valence electrons. The first-order valence-corrected chi connectivity index (χ1v) is 6.15. The van der Waals surface area contributed by atoms with Gasteiger partial charge in [0.05, 0.1) is 5.92 Å². The summed E-state index contributed by atoms with van der Waals surface area (Å²) in [5.74, 6) is -0.244. The normalized spacial score (nSPS) is 22.8. The fourth-order valence-corrected chi connectivity index (χ4v) is 2.41. The molecule has 0 saturated carbocycles. The zero-order valence-electron chi connectivity index (χ0n) is 9.95. The summed E-state index contributed by atoms with van der Waals surface area (Å²) in [6.07, 6.45) is 0.622. The van der Waals surface area contributed by atoms with Crippen molar-refractivity contribution in [3.05, 3.63) is 71.8 Å². The Hall–Kier alpha value is -2.09. The van der Waals surface area contributed by atoms with E-state index < -0.39 is 0 Å². The van der Waals surface area contributed by atoms with E-state index in [1.807, 2.05) is 60.7 Å². The molecule has 3 rings (SSSR count). The summed E-state index contributed by atoms with van der Waals surface area (Å²) in [5, 5.41) is 0. The summed E-state index contributed by atoms with van der Waals surface area (Å²) in [6, 6.07) is 19.8. The van der Waals surface area contributed by atoms with E-state index in [4.69, 9.17) is 4.74 Å². The van der Waals surface area contributed by atoms with Crippen LogP contribution in [0.5, 0.6) is 0 Å². The van der Waals surface area contributed by atoms with Gasteiger partial charge in [-0.1, -0.05) is 60.7 Å². The predicted octanol–water partition coefficient (Wildman–Crippen LogP) is 3.46. The van der Waals surface area contributed by atoms with Gasteiger partial charge in [-0.25, -0.2) is 0 Å². The first kappa shape index (κ1) is 11.0. The lowest BCUT2D eigenvalue weighted by Crippen LogP contribution is -2.04. The van der Waals surface area contributed by atoms with Gasteiger partial charge in [-0.3, -0.25) is 4.79 Å². The molecule has 0 N–H and O–H groups in total. The molecule has 0 aliphatic carbocycles. The molecule has 2 heteroatoms. The average molecular weight is 238 g/mol. The molecule has 2 nitrogen and oxygen atoms in total. The maximum absolute atomic E-state index is 11.9. The van der Waals surface area contributed by atoms with Crippen LogP contribution in [0.25, 0.3) is 0 Å². The Labute approximate surface area is 106 Å². The molecule has 0 amide bonds. The lowest BCUT2D eigenvalue weighted by atomic mass is 9.94. The van der Waals surface area contributed by atoms with Crippen LogP contribution < -0.4 is 0 Å². The topological polar surface area (TPSA) is 26.3 Å². The highest BCUT2D eigenvalue weighted by Crippen LogP contribution is 2.38. The summed E-state index contributed by atoms with van der Waals surface area (Å²) >= 11 is 0. The number of carbonyl (C=O) groups is 1. The van der Waals surface area contributed by atoms with Crippen LogP contribution in [0.2, 0.25) is 0 Å². The molecule has 2 aromatic carbocycles. The average Bonchev–Trinajstić information content (AvgIpc) is 2.83. The zero-order chi connectivity index (χ0) is 12.4. The molecule has 2 aromatic rings. The molecule has 0 spiro atoms. The molecule has 2 atom stereocenters. The highest BCUT2D eigenvalue weighted by Gasteiger charge is 2.35. The van der Waals surface area contributed by atoms with Gasteiger partial charge in [0.15, 0.2) is 0 Å². The Kier molecular flexibility index (Phi) is 2.85. The third-order valence-electron chi connectivity index (χ3n) is 3.37. The molecule has 0 aromatic heterocycles. The first-order chi connectivity index (χ1) is 8.84. The molecule has 0 bridgehead atoms. The third-order valence-corrected chi connectivity index (χ3v) is 3.37. The van der Waals surface area contributed by atoms with Gasteiger partial charge in [0.25, 0.3) is 0 Å². The number of cyclic esters (lactones) is 1. The van der Waals surface area contributed by atoms with E-state index in [0.29, 0.717) is 0 Å². The van der Waals surface area contributed by atoms with Crippen molar-refractivity contribution in [1.29, 1.82) is 0 Å². The van der Waals surface area contributed by atoms with E-state index >= 15 is 0 Å². The number of hydrogen-bond donors (Lipinski definition) is 0. The SMILES string of the molecule is O=C1O[C@H](c2ccccc2)C[C@H]1c1ccccc1. The molecule has 1 saturated heterocycles. The second kappa shape index (κ2) is 4.65. The van der Waals surface area contributed by atoms with E-state index in [0.717, 1.165) is 17.5 Å². The van der Waals surface area contributed by atoms with E-state index in [1.165, 1.54) is 0 Å². The summed E-state index contributed by atoms with van der Waals surface area (Å²) in [5.41, 5.74) is 2.12. The third kappa shape index (κ3) is 2.02. The summed E-state index contributed by atoms with van der Waals surface area (Å²) < 4.78 is 5.48. The van der Waals surface area contributed by atoms with Crippen LogP contribution in [0.3, 0.4) is 0 Å². The fourth-order valence-electron chi connectivity index (χ4n) is 2.41. The van der Waals surface area contributed by atoms with Crippen molar-refractivity contribution < 1.29 is 9.53 Å². The van der Waals surface area contributed by atoms with Crippen molar-refractivity contribution in [2.45, 2.75) is 18.4 Å². The second-order valence-corrected chi connectivity index (χ2v) is 4.54. The quantitative estimate of drug-likeness (QED) is 0.749. The Morgan fingerprint density at radius 1 is 0.833 bits per heavy atom. The molecule has 0 radical (unpaired) electrons. The van der Waals surface area contributed by atoms with Crippen LogP contribution >= 0.6 is 0 Å². The summed E-state index contributed by atoms with van der Waals surface area (Å²) in [7, 11) is 0. The first-order valence-electron chi connectivity index (χ1n) is 6.15. The lowest BCUT2D eigenvalue weighted by Gasteiger charge is -2.08. The van der Waals surface area contributed by atoms with Crippen molar-refractivity contribution in [1.82, 2.24) is 0 Å². The number of ether oxygens (including phenoxy) is 1. The minimum Gasteiger partial charge on any atom is -0.457 e. The van der Waals surface area contributed by atoms with Crippen LogP contribution in [-0.4, -0.2) is 5.97 Å². The van der Waals surface area contributed by atoms with Gasteiger partial charge in [-0.2, -0.15) is 0 Å². The monoisotopic (exact) mass is 238 g/mol. The molecule has 1 aliphatic rings. The molecule has 1 heterocycles. The van der Waals surface area contributed by atoms with E-state index in [9.17, 15) is 4.79 Å². The number of rotatable bonds is 2. The maximum atomic E-state index is 11.9. The largest absolute Gasteiger partial charge is 0.457 e. The number of carbonyl (C=O) groups excluding carboxylic acids is 1. The number of benzene rings is 2. The standard InChI is InChI=1S/C16H14O2/c17-16-14(12-7-3-1-4-8-12)11-15(18-16)13-9-5-2-6-10-13/h1-10,14-15H,11H2/t14-,15-/m0/s1. The highest BCUT2D eigenvalue weighted by atomic mass is 16.6. The van der Waals surface area contributed by atoms with Crippen molar-refractivity contribution >= 4 is 5.97 Å². The zero-order valence-corrected chi connectivity index (χ0v) is 9.95. The van der Waals surface area contributed by atoms with Gasteiger partial charge >= 0.3 is 5.97 Å². The van der Waals surface area contributed by atoms with E-state index in [-0.39, 0.29) is 18.0 Å². The van der Waals surface area contributed by atoms with Crippen LogP contribution in [0, 0.1) is 0 Å². The molecule has 18 heavy (non-hydrogen) atoms. The molecule has 1 aliphatic heterocycles. The second-order valence-electron chi connectivity index (χ2n) is 4.54. The molecular weight excluding hydrogens is 224 g/mol. The highest BCUT2D eigenvalue weighted by molar-refractivity contribution is 5.80. The van der Waals surface area contributed by atoms with Crippen LogP contribution in [-0.2, 0) is 9.53 Å².